The third-order valence-corrected chi connectivity index (χ3v) is 4.94. The minimum absolute atomic E-state index is 0.234. The summed E-state index contributed by atoms with van der Waals surface area (Å²) in [5, 5.41) is 2.68. The Morgan fingerprint density at radius 1 is 1.44 bits per heavy atom. The average molecular weight is 345 g/mol. The van der Waals surface area contributed by atoms with Crippen LogP contribution in [-0.4, -0.2) is 6.61 Å². The largest absolute Gasteiger partial charge is 0.493 e. The van der Waals surface area contributed by atoms with E-state index in [1.165, 1.54) is 5.56 Å². The first kappa shape index (κ1) is 12.5. The Morgan fingerprint density at radius 2 is 2.28 bits per heavy atom. The number of hydrogen-bond donors (Lipinski definition) is 1. The van der Waals surface area contributed by atoms with Gasteiger partial charge in [0.15, 0.2) is 0 Å². The molecule has 5 heteroatoms. The van der Waals surface area contributed by atoms with Gasteiger partial charge in [0, 0.05) is 21.3 Å². The van der Waals surface area contributed by atoms with Crippen LogP contribution in [0.25, 0.3) is 0 Å². The summed E-state index contributed by atoms with van der Waals surface area (Å²) in [6.45, 7) is 0.726. The molecule has 94 valence electrons. The maximum absolute atomic E-state index is 6.33. The van der Waals surface area contributed by atoms with Crippen LogP contribution in [0.2, 0.25) is 5.02 Å². The molecule has 0 saturated carbocycles. The monoisotopic (exact) mass is 343 g/mol. The van der Waals surface area contributed by atoms with Crippen LogP contribution < -0.4 is 10.5 Å². The van der Waals surface area contributed by atoms with Crippen molar-refractivity contribution in [2.75, 3.05) is 6.61 Å². The molecule has 0 spiro atoms. The molecule has 2 aromatic rings. The van der Waals surface area contributed by atoms with Crippen molar-refractivity contribution in [2.45, 2.75) is 12.5 Å². The first-order valence-corrected chi connectivity index (χ1v) is 7.65. The van der Waals surface area contributed by atoms with Crippen LogP contribution in [0.4, 0.5) is 0 Å². The van der Waals surface area contributed by atoms with Crippen molar-refractivity contribution >= 4 is 38.9 Å². The average Bonchev–Trinajstić information content (AvgIpc) is 2.95. The Balaban J connectivity index is 2.10. The predicted octanol–water partition coefficient (Wildman–Crippen LogP) is 4.15. The lowest BCUT2D eigenvalue weighted by molar-refractivity contribution is 0.352. The quantitative estimate of drug-likeness (QED) is 0.888. The summed E-state index contributed by atoms with van der Waals surface area (Å²) < 4.78 is 6.74. The van der Waals surface area contributed by atoms with Gasteiger partial charge in [-0.3, -0.25) is 0 Å². The minimum atomic E-state index is -0.234. The van der Waals surface area contributed by atoms with Crippen molar-refractivity contribution in [1.82, 2.24) is 0 Å². The molecular weight excluding hydrogens is 334 g/mol. The number of fused-ring (bicyclic) bond motifs is 1. The lowest BCUT2D eigenvalue weighted by atomic mass is 10.0. The van der Waals surface area contributed by atoms with E-state index < -0.39 is 0 Å². The molecule has 1 unspecified atom stereocenters. The predicted molar refractivity (Wildman–Crippen MR) is 78.7 cm³/mol. The molecule has 3 rings (SSSR count). The van der Waals surface area contributed by atoms with Crippen molar-refractivity contribution in [1.29, 1.82) is 0 Å². The molecule has 0 fully saturated rings. The Labute approximate surface area is 123 Å². The smallest absolute Gasteiger partial charge is 0.127 e. The molecule has 1 aliphatic heterocycles. The number of halogens is 2. The summed E-state index contributed by atoms with van der Waals surface area (Å²) in [6.07, 6.45) is 0.937. The summed E-state index contributed by atoms with van der Waals surface area (Å²) in [6, 6.07) is 5.75. The first-order valence-electron chi connectivity index (χ1n) is 5.60. The van der Waals surface area contributed by atoms with Crippen molar-refractivity contribution < 1.29 is 4.74 Å². The van der Waals surface area contributed by atoms with Crippen LogP contribution in [0.15, 0.2) is 28.1 Å². The molecular formula is C13H11BrClNOS. The molecule has 2 heterocycles. The lowest BCUT2D eigenvalue weighted by Gasteiger charge is -2.15. The van der Waals surface area contributed by atoms with Gasteiger partial charge < -0.3 is 10.5 Å². The number of ether oxygens (including phenoxy) is 1. The zero-order chi connectivity index (χ0) is 12.7. The molecule has 0 bridgehead atoms. The normalized spacial score (nSPS) is 15.3. The fourth-order valence-corrected chi connectivity index (χ4v) is 3.91. The van der Waals surface area contributed by atoms with Gasteiger partial charge in [-0.15, -0.1) is 11.3 Å². The maximum Gasteiger partial charge on any atom is 0.127 e. The molecule has 1 atom stereocenters. The highest BCUT2D eigenvalue weighted by Gasteiger charge is 2.24. The van der Waals surface area contributed by atoms with E-state index in [0.717, 1.165) is 38.7 Å². The summed E-state index contributed by atoms with van der Waals surface area (Å²) >= 11 is 11.3. The SMILES string of the molecule is NC(c1cc(Br)cc2c1OCC2)c1sccc1Cl. The molecule has 18 heavy (non-hydrogen) atoms. The molecule has 2 N–H and O–H groups in total. The van der Waals surface area contributed by atoms with Crippen molar-refractivity contribution in [3.63, 3.8) is 0 Å². The fraction of sp³-hybridized carbons (Fsp3) is 0.231. The second kappa shape index (κ2) is 4.85. The van der Waals surface area contributed by atoms with E-state index in [2.05, 4.69) is 22.0 Å². The summed E-state index contributed by atoms with van der Waals surface area (Å²) in [4.78, 5) is 0.979. The molecule has 1 aromatic heterocycles. The van der Waals surface area contributed by atoms with E-state index in [0.29, 0.717) is 0 Å². The van der Waals surface area contributed by atoms with Crippen LogP contribution in [0, 0.1) is 0 Å². The molecule has 0 saturated heterocycles. The molecule has 1 aromatic carbocycles. The van der Waals surface area contributed by atoms with E-state index in [1.54, 1.807) is 11.3 Å². The van der Waals surface area contributed by atoms with Gasteiger partial charge in [-0.2, -0.15) is 0 Å². The summed E-state index contributed by atoms with van der Waals surface area (Å²) in [5.41, 5.74) is 8.54. The lowest BCUT2D eigenvalue weighted by Crippen LogP contribution is -2.12. The number of rotatable bonds is 2. The molecule has 0 radical (unpaired) electrons. The highest BCUT2D eigenvalue weighted by Crippen LogP contribution is 2.40. The molecule has 1 aliphatic rings. The zero-order valence-corrected chi connectivity index (χ0v) is 12.6. The van der Waals surface area contributed by atoms with Crippen molar-refractivity contribution in [2.24, 2.45) is 5.73 Å². The van der Waals surface area contributed by atoms with E-state index in [-0.39, 0.29) is 6.04 Å². The summed E-state index contributed by atoms with van der Waals surface area (Å²) in [7, 11) is 0. The minimum Gasteiger partial charge on any atom is -0.493 e. The highest BCUT2D eigenvalue weighted by molar-refractivity contribution is 9.10. The fourth-order valence-electron chi connectivity index (χ4n) is 2.20. The van der Waals surface area contributed by atoms with Crippen LogP contribution in [0.5, 0.6) is 5.75 Å². The Bertz CT molecular complexity index is 599. The van der Waals surface area contributed by atoms with Crippen LogP contribution in [0.1, 0.15) is 22.0 Å². The van der Waals surface area contributed by atoms with Gasteiger partial charge in [-0.05, 0) is 29.1 Å². The van der Waals surface area contributed by atoms with E-state index in [4.69, 9.17) is 22.1 Å². The molecule has 0 amide bonds. The second-order valence-corrected chi connectivity index (χ2v) is 6.46. The topological polar surface area (TPSA) is 35.2 Å². The van der Waals surface area contributed by atoms with Crippen LogP contribution in [-0.2, 0) is 6.42 Å². The molecule has 2 nitrogen and oxygen atoms in total. The zero-order valence-electron chi connectivity index (χ0n) is 9.45. The highest BCUT2D eigenvalue weighted by atomic mass is 79.9. The van der Waals surface area contributed by atoms with Gasteiger partial charge in [0.05, 0.1) is 17.7 Å². The Kier molecular flexibility index (Phi) is 3.36. The number of benzene rings is 1. The van der Waals surface area contributed by atoms with Gasteiger partial charge in [-0.1, -0.05) is 27.5 Å². The maximum atomic E-state index is 6.33. The number of hydrogen-bond acceptors (Lipinski definition) is 3. The third kappa shape index (κ3) is 2.07. The van der Waals surface area contributed by atoms with Crippen molar-refractivity contribution in [3.05, 3.63) is 49.1 Å². The van der Waals surface area contributed by atoms with Crippen LogP contribution >= 0.6 is 38.9 Å². The van der Waals surface area contributed by atoms with Gasteiger partial charge in [0.1, 0.15) is 5.75 Å². The van der Waals surface area contributed by atoms with Gasteiger partial charge >= 0.3 is 0 Å². The van der Waals surface area contributed by atoms with Gasteiger partial charge in [-0.25, -0.2) is 0 Å². The van der Waals surface area contributed by atoms with Gasteiger partial charge in [0.25, 0.3) is 0 Å². The van der Waals surface area contributed by atoms with Crippen LogP contribution in [0.3, 0.4) is 0 Å². The summed E-state index contributed by atoms with van der Waals surface area (Å²) in [5.74, 6) is 0.926. The Morgan fingerprint density at radius 3 is 3.00 bits per heavy atom. The number of nitrogens with two attached hydrogens (primary N) is 1. The third-order valence-electron chi connectivity index (χ3n) is 3.04. The number of thiophene rings is 1. The van der Waals surface area contributed by atoms with E-state index in [1.807, 2.05) is 17.5 Å². The van der Waals surface area contributed by atoms with E-state index in [9.17, 15) is 0 Å². The first-order chi connectivity index (χ1) is 8.66. The van der Waals surface area contributed by atoms with Crippen molar-refractivity contribution in [3.8, 4) is 5.75 Å². The molecule has 0 aliphatic carbocycles. The van der Waals surface area contributed by atoms with E-state index >= 15 is 0 Å². The Hall–Kier alpha value is -0.550. The second-order valence-electron chi connectivity index (χ2n) is 4.19. The standard InChI is InChI=1S/C13H11BrClNOS/c14-8-5-7-1-3-17-12(7)9(6-8)11(16)13-10(15)2-4-18-13/h2,4-6,11H,1,3,16H2. The van der Waals surface area contributed by atoms with Gasteiger partial charge in [0.2, 0.25) is 0 Å².